The quantitative estimate of drug-likeness (QED) is 0.154. The van der Waals surface area contributed by atoms with Crippen LogP contribution >= 0.6 is 23.5 Å². The topological polar surface area (TPSA) is 325 Å². The number of phosphoric ester groups is 1. The molecule has 0 saturated carbocycles. The molecule has 0 aliphatic carbocycles. The number of H-pyrrole nitrogens is 1. The Morgan fingerprint density at radius 1 is 1.03 bits per heavy atom. The largest absolute Gasteiger partial charge is 0.490 e. The van der Waals surface area contributed by atoms with E-state index in [9.17, 15) is 33.6 Å². The van der Waals surface area contributed by atoms with Crippen LogP contribution in [0.5, 0.6) is 0 Å². The van der Waals surface area contributed by atoms with Gasteiger partial charge in [0.25, 0.3) is 5.56 Å². The van der Waals surface area contributed by atoms with Crippen molar-refractivity contribution in [1.29, 1.82) is 0 Å². The van der Waals surface area contributed by atoms with Crippen LogP contribution < -0.4 is 17.0 Å². The monoisotopic (exact) mass is 538 g/mol. The summed E-state index contributed by atoms with van der Waals surface area (Å²) in [6, 6.07) is 0. The summed E-state index contributed by atoms with van der Waals surface area (Å²) >= 11 is 0. The Morgan fingerprint density at radius 2 is 1.67 bits per heavy atom. The second kappa shape index (κ2) is 8.79. The van der Waals surface area contributed by atoms with Crippen LogP contribution in [0.25, 0.3) is 11.2 Å². The number of aromatic nitrogens is 4. The predicted molar refractivity (Wildman–Crippen MR) is 103 cm³/mol. The zero-order chi connectivity index (χ0) is 24.9. The van der Waals surface area contributed by atoms with Gasteiger partial charge in [-0.1, -0.05) is 0 Å². The van der Waals surface area contributed by atoms with Gasteiger partial charge >= 0.3 is 23.5 Å². The van der Waals surface area contributed by atoms with Crippen LogP contribution in [0.3, 0.4) is 0 Å². The molecule has 33 heavy (non-hydrogen) atoms. The minimum absolute atomic E-state index is 0.224. The molecule has 0 radical (unpaired) electrons. The minimum atomic E-state index is -5.75. The number of imidazole rings is 1. The van der Waals surface area contributed by atoms with Crippen molar-refractivity contribution in [1.82, 2.24) is 19.5 Å². The van der Waals surface area contributed by atoms with Crippen LogP contribution in [0.2, 0.25) is 0 Å². The summed E-state index contributed by atoms with van der Waals surface area (Å²) in [6.07, 6.45) is -6.72. The SMILES string of the molecule is Nc1nc2c(nc(N)n2[C@@H]2O[C@H](COP(=O)(O)OP(=O)(O)OP(=O)(O)O)[C@@H](O)[C@H]2O)c(=O)[nH]1. The number of aliphatic hydroxyl groups is 2. The Morgan fingerprint density at radius 3 is 2.27 bits per heavy atom. The number of hydrogen-bond donors (Lipinski definition) is 9. The molecule has 0 aromatic carbocycles. The molecule has 1 saturated heterocycles. The van der Waals surface area contributed by atoms with E-state index in [-0.39, 0.29) is 23.1 Å². The average Bonchev–Trinajstić information content (AvgIpc) is 3.07. The maximum absolute atomic E-state index is 11.9. The van der Waals surface area contributed by atoms with Crippen molar-refractivity contribution < 1.29 is 61.4 Å². The third-order valence-corrected chi connectivity index (χ3v) is 7.81. The van der Waals surface area contributed by atoms with Crippen molar-refractivity contribution >= 4 is 46.5 Å². The maximum atomic E-state index is 11.9. The number of anilines is 2. The average molecular weight is 538 g/mol. The van der Waals surface area contributed by atoms with Gasteiger partial charge in [0.1, 0.15) is 18.3 Å². The lowest BCUT2D eigenvalue weighted by molar-refractivity contribution is -0.0492. The van der Waals surface area contributed by atoms with Crippen LogP contribution in [-0.2, 0) is 31.6 Å². The number of ether oxygens (including phenoxy) is 1. The molecular formula is C10H17N6O14P3. The molecule has 1 fully saturated rings. The summed E-state index contributed by atoms with van der Waals surface area (Å²) in [5.41, 5.74) is 9.96. The second-order valence-electron chi connectivity index (χ2n) is 6.40. The highest BCUT2D eigenvalue weighted by Gasteiger charge is 2.47. The molecule has 0 amide bonds. The van der Waals surface area contributed by atoms with E-state index in [1.165, 1.54) is 0 Å². The molecule has 1 aliphatic heterocycles. The van der Waals surface area contributed by atoms with Crippen molar-refractivity contribution in [3.05, 3.63) is 10.4 Å². The summed E-state index contributed by atoms with van der Waals surface area (Å²) in [7, 11) is -16.9. The van der Waals surface area contributed by atoms with E-state index in [2.05, 4.69) is 28.1 Å². The van der Waals surface area contributed by atoms with Gasteiger partial charge in [-0.15, -0.1) is 0 Å². The number of fused-ring (bicyclic) bond motifs is 1. The zero-order valence-electron chi connectivity index (χ0n) is 15.8. The van der Waals surface area contributed by atoms with Crippen LogP contribution in [0, 0.1) is 0 Å². The summed E-state index contributed by atoms with van der Waals surface area (Å²) in [4.78, 5) is 57.4. The van der Waals surface area contributed by atoms with Crippen molar-refractivity contribution in [2.45, 2.75) is 24.5 Å². The van der Waals surface area contributed by atoms with Gasteiger partial charge in [0, 0.05) is 0 Å². The Bertz CT molecular complexity index is 1260. The fourth-order valence-corrected chi connectivity index (χ4v) is 5.85. The zero-order valence-corrected chi connectivity index (χ0v) is 18.5. The number of nitrogens with zero attached hydrogens (tertiary/aromatic N) is 3. The Kier molecular flexibility index (Phi) is 6.89. The molecule has 0 bridgehead atoms. The number of nitrogens with two attached hydrogens (primary N) is 2. The van der Waals surface area contributed by atoms with Crippen LogP contribution in [0.15, 0.2) is 4.79 Å². The highest BCUT2D eigenvalue weighted by molar-refractivity contribution is 7.66. The molecule has 23 heteroatoms. The summed E-state index contributed by atoms with van der Waals surface area (Å²) in [5, 5.41) is 20.5. The fourth-order valence-electron chi connectivity index (χ4n) is 2.82. The third-order valence-electron chi connectivity index (χ3n) is 4.01. The molecule has 3 rings (SSSR count). The standard InChI is InChI=1S/C10H17N6O14P3/c11-9-14-6-3(7(19)15-9)13-10(12)16(6)8-5(18)4(17)2(28-8)1-27-32(23,24)30-33(25,26)29-31(20,21)22/h2,4-5,8,17-18H,1H2,(H2,12,13)(H,23,24)(H,25,26)(H2,20,21,22)(H3,11,14,15,19)/t2-,4-,5-,8-/m1/s1. The molecule has 186 valence electrons. The van der Waals surface area contributed by atoms with Crippen molar-refractivity contribution in [3.8, 4) is 0 Å². The number of nitrogens with one attached hydrogen (secondary N) is 1. The van der Waals surface area contributed by atoms with Crippen LogP contribution in [0.4, 0.5) is 11.9 Å². The number of aromatic amines is 1. The van der Waals surface area contributed by atoms with E-state index in [0.29, 0.717) is 0 Å². The Hall–Kier alpha value is -1.76. The molecule has 6 atom stereocenters. The summed E-state index contributed by atoms with van der Waals surface area (Å²) in [6.45, 7) is -1.05. The maximum Gasteiger partial charge on any atom is 0.490 e. The first kappa shape index (κ1) is 25.9. The van der Waals surface area contributed by atoms with Gasteiger partial charge in [-0.2, -0.15) is 13.6 Å². The highest BCUT2D eigenvalue weighted by Crippen LogP contribution is 2.66. The smallest absolute Gasteiger partial charge is 0.387 e. The number of hydrogen-bond acceptors (Lipinski definition) is 14. The molecule has 3 heterocycles. The number of aliphatic hydroxyl groups excluding tert-OH is 2. The summed E-state index contributed by atoms with van der Waals surface area (Å²) in [5.74, 6) is -0.704. The Labute approximate surface area is 181 Å². The van der Waals surface area contributed by atoms with Gasteiger partial charge in [-0.05, 0) is 0 Å². The van der Waals surface area contributed by atoms with Gasteiger partial charge in [-0.25, -0.2) is 18.7 Å². The lowest BCUT2D eigenvalue weighted by Crippen LogP contribution is -2.33. The first-order chi connectivity index (χ1) is 15.0. The predicted octanol–water partition coefficient (Wildman–Crippen LogP) is -2.75. The second-order valence-corrected chi connectivity index (χ2v) is 10.8. The van der Waals surface area contributed by atoms with Gasteiger partial charge in [0.05, 0.1) is 6.61 Å². The minimum Gasteiger partial charge on any atom is -0.387 e. The van der Waals surface area contributed by atoms with Gasteiger partial charge in [0.2, 0.25) is 11.9 Å². The van der Waals surface area contributed by atoms with Crippen molar-refractivity contribution in [2.24, 2.45) is 0 Å². The fraction of sp³-hybridized carbons (Fsp3) is 0.500. The van der Waals surface area contributed by atoms with Gasteiger partial charge < -0.3 is 46.0 Å². The van der Waals surface area contributed by atoms with Crippen LogP contribution in [-0.4, -0.2) is 74.2 Å². The number of nitrogen functional groups attached to an aromatic ring is 2. The van der Waals surface area contributed by atoms with E-state index < -0.39 is 60.2 Å². The van der Waals surface area contributed by atoms with Crippen LogP contribution in [0.1, 0.15) is 6.23 Å². The van der Waals surface area contributed by atoms with Gasteiger partial charge in [0.15, 0.2) is 17.4 Å². The van der Waals surface area contributed by atoms with Crippen molar-refractivity contribution in [2.75, 3.05) is 18.1 Å². The molecule has 2 unspecified atom stereocenters. The normalized spacial score (nSPS) is 27.5. The molecule has 20 nitrogen and oxygen atoms in total. The van der Waals surface area contributed by atoms with E-state index >= 15 is 0 Å². The lowest BCUT2D eigenvalue weighted by Gasteiger charge is -2.19. The number of rotatable bonds is 8. The van der Waals surface area contributed by atoms with E-state index in [1.54, 1.807) is 0 Å². The number of phosphoric acid groups is 3. The highest BCUT2D eigenvalue weighted by atomic mass is 31.3. The first-order valence-corrected chi connectivity index (χ1v) is 12.8. The molecule has 2 aromatic heterocycles. The lowest BCUT2D eigenvalue weighted by atomic mass is 10.1. The first-order valence-electron chi connectivity index (χ1n) is 8.33. The molecule has 0 spiro atoms. The van der Waals surface area contributed by atoms with E-state index in [1.807, 2.05) is 0 Å². The van der Waals surface area contributed by atoms with E-state index in [4.69, 9.17) is 30.9 Å². The molecule has 11 N–H and O–H groups in total. The van der Waals surface area contributed by atoms with Gasteiger partial charge in [-0.3, -0.25) is 18.9 Å². The van der Waals surface area contributed by atoms with E-state index in [0.717, 1.165) is 4.57 Å². The van der Waals surface area contributed by atoms with Crippen molar-refractivity contribution in [3.63, 3.8) is 0 Å². The molecular weight excluding hydrogens is 521 g/mol. The molecule has 1 aliphatic rings. The molecule has 2 aromatic rings. The third kappa shape index (κ3) is 5.84. The summed E-state index contributed by atoms with van der Waals surface area (Å²) < 4.78 is 51.6. The Balaban J connectivity index is 1.77.